The average Bonchev–Trinajstić information content (AvgIpc) is 2.82. The van der Waals surface area contributed by atoms with E-state index in [-0.39, 0.29) is 5.69 Å². The third kappa shape index (κ3) is 1.51. The molecule has 0 unspecified atom stereocenters. The molecule has 0 fully saturated rings. The summed E-state index contributed by atoms with van der Waals surface area (Å²) >= 11 is 0. The van der Waals surface area contributed by atoms with Crippen LogP contribution in [-0.4, -0.2) is 21.0 Å². The highest BCUT2D eigenvalue weighted by molar-refractivity contribution is 5.83. The predicted molar refractivity (Wildman–Crippen MR) is 79.9 cm³/mol. The van der Waals surface area contributed by atoms with Crippen LogP contribution in [0.3, 0.4) is 0 Å². The number of aromatic nitrogens is 2. The molecule has 2 aliphatic rings. The van der Waals surface area contributed by atoms with Crippen LogP contribution in [0.25, 0.3) is 16.7 Å². The van der Waals surface area contributed by atoms with Crippen LogP contribution < -0.4 is 5.69 Å². The summed E-state index contributed by atoms with van der Waals surface area (Å²) in [6.45, 7) is 0.830. The second-order valence-electron chi connectivity index (χ2n) is 4.81. The van der Waals surface area contributed by atoms with Gasteiger partial charge in [0.25, 0.3) is 0 Å². The molecule has 3 heterocycles. The molecule has 1 N–H and O–H groups in total. The van der Waals surface area contributed by atoms with Crippen LogP contribution in [-0.2, 0) is 0 Å². The molecule has 0 atom stereocenters. The molecule has 98 valence electrons. The molecule has 1 aromatic carbocycles. The van der Waals surface area contributed by atoms with Gasteiger partial charge in [-0.1, -0.05) is 24.3 Å². The van der Waals surface area contributed by atoms with Gasteiger partial charge in [0, 0.05) is 12.7 Å². The van der Waals surface area contributed by atoms with Crippen molar-refractivity contribution in [2.75, 3.05) is 6.54 Å². The number of para-hydroxylation sites is 2. The number of hydrogen-bond donors (Lipinski definition) is 1. The summed E-state index contributed by atoms with van der Waals surface area (Å²) in [6.07, 6.45) is 12.1. The van der Waals surface area contributed by atoms with Gasteiger partial charge in [-0.05, 0) is 30.4 Å². The van der Waals surface area contributed by atoms with Crippen LogP contribution in [0.1, 0.15) is 0 Å². The summed E-state index contributed by atoms with van der Waals surface area (Å²) in [5.41, 5.74) is 3.59. The van der Waals surface area contributed by atoms with Crippen molar-refractivity contribution in [1.29, 1.82) is 0 Å². The summed E-state index contributed by atoms with van der Waals surface area (Å²) < 4.78 is 1.73. The van der Waals surface area contributed by atoms with Crippen molar-refractivity contribution in [3.8, 4) is 0 Å². The minimum absolute atomic E-state index is 0.108. The van der Waals surface area contributed by atoms with Crippen LogP contribution in [0.5, 0.6) is 0 Å². The number of H-pyrrole nitrogens is 1. The lowest BCUT2D eigenvalue weighted by Gasteiger charge is -2.29. The zero-order chi connectivity index (χ0) is 13.5. The van der Waals surface area contributed by atoms with E-state index in [0.717, 1.165) is 29.0 Å². The van der Waals surface area contributed by atoms with Gasteiger partial charge in [0.2, 0.25) is 0 Å². The number of rotatable bonds is 1. The van der Waals surface area contributed by atoms with E-state index in [2.05, 4.69) is 16.0 Å². The minimum Gasteiger partial charge on any atom is -0.342 e. The monoisotopic (exact) mass is 263 g/mol. The number of hydrogen-bond acceptors (Lipinski definition) is 2. The third-order valence-electron chi connectivity index (χ3n) is 3.61. The van der Waals surface area contributed by atoms with Crippen molar-refractivity contribution in [3.63, 3.8) is 0 Å². The van der Waals surface area contributed by atoms with E-state index in [9.17, 15) is 4.79 Å². The zero-order valence-corrected chi connectivity index (χ0v) is 10.8. The minimum atomic E-state index is -0.108. The van der Waals surface area contributed by atoms with E-state index in [4.69, 9.17) is 0 Å². The molecule has 0 saturated heterocycles. The second-order valence-corrected chi connectivity index (χ2v) is 4.81. The zero-order valence-electron chi connectivity index (χ0n) is 10.8. The van der Waals surface area contributed by atoms with Crippen LogP contribution in [0.2, 0.25) is 0 Å². The molecule has 2 aromatic rings. The highest BCUT2D eigenvalue weighted by Gasteiger charge is 2.20. The Labute approximate surface area is 115 Å². The first kappa shape index (κ1) is 11.1. The maximum absolute atomic E-state index is 12.3. The van der Waals surface area contributed by atoms with Gasteiger partial charge in [-0.15, -0.1) is 0 Å². The Kier molecular flexibility index (Phi) is 2.29. The fraction of sp³-hybridized carbons (Fsp3) is 0.0625. The smallest absolute Gasteiger partial charge is 0.331 e. The van der Waals surface area contributed by atoms with Gasteiger partial charge >= 0.3 is 5.69 Å². The Bertz CT molecular complexity index is 861. The van der Waals surface area contributed by atoms with E-state index in [1.54, 1.807) is 4.57 Å². The van der Waals surface area contributed by atoms with E-state index in [0.29, 0.717) is 0 Å². The Morgan fingerprint density at radius 1 is 1.05 bits per heavy atom. The van der Waals surface area contributed by atoms with E-state index in [1.807, 2.05) is 54.8 Å². The first-order valence-electron chi connectivity index (χ1n) is 6.57. The first-order chi connectivity index (χ1) is 9.84. The molecule has 1 aromatic heterocycles. The number of benzene rings is 1. The lowest BCUT2D eigenvalue weighted by molar-refractivity contribution is 0.522. The fourth-order valence-corrected chi connectivity index (χ4v) is 2.71. The predicted octanol–water partition coefficient (Wildman–Crippen LogP) is 2.45. The Morgan fingerprint density at radius 2 is 1.90 bits per heavy atom. The maximum Gasteiger partial charge on any atom is 0.331 e. The van der Waals surface area contributed by atoms with Crippen LogP contribution >= 0.6 is 0 Å². The van der Waals surface area contributed by atoms with Gasteiger partial charge in [-0.25, -0.2) is 4.79 Å². The SMILES string of the molecule is O=c1[nH]c2ccccc2n1C1=CC=CN2CC=CC=C12. The van der Waals surface area contributed by atoms with Crippen molar-refractivity contribution in [2.24, 2.45) is 0 Å². The normalized spacial score (nSPS) is 17.1. The number of fused-ring (bicyclic) bond motifs is 2. The summed E-state index contributed by atoms with van der Waals surface area (Å²) in [6, 6.07) is 7.74. The molecule has 0 amide bonds. The lowest BCUT2D eigenvalue weighted by Crippen LogP contribution is -2.27. The molecule has 20 heavy (non-hydrogen) atoms. The standard InChI is InChI=1S/C16H13N3O/c20-16-17-12-6-1-2-7-13(12)19(16)15-9-5-11-18-10-4-3-8-14(15)18/h1-9,11H,10H2,(H,17,20). The molecule has 4 heteroatoms. The molecular weight excluding hydrogens is 250 g/mol. The van der Waals surface area contributed by atoms with Gasteiger partial charge in [-0.2, -0.15) is 0 Å². The third-order valence-corrected chi connectivity index (χ3v) is 3.61. The number of allylic oxidation sites excluding steroid dienone is 5. The van der Waals surface area contributed by atoms with Crippen molar-refractivity contribution < 1.29 is 0 Å². The Morgan fingerprint density at radius 3 is 2.85 bits per heavy atom. The number of nitrogens with zero attached hydrogens (tertiary/aromatic N) is 2. The van der Waals surface area contributed by atoms with Crippen molar-refractivity contribution in [1.82, 2.24) is 14.5 Å². The number of nitrogens with one attached hydrogen (secondary N) is 1. The quantitative estimate of drug-likeness (QED) is 0.858. The van der Waals surface area contributed by atoms with E-state index in [1.165, 1.54) is 0 Å². The summed E-state index contributed by atoms with van der Waals surface area (Å²) in [7, 11) is 0. The summed E-state index contributed by atoms with van der Waals surface area (Å²) in [5, 5.41) is 0. The summed E-state index contributed by atoms with van der Waals surface area (Å²) in [4.78, 5) is 17.3. The Balaban J connectivity index is 1.99. The largest absolute Gasteiger partial charge is 0.342 e. The molecule has 0 saturated carbocycles. The van der Waals surface area contributed by atoms with Gasteiger partial charge in [0.05, 0.1) is 22.4 Å². The van der Waals surface area contributed by atoms with Gasteiger partial charge in [-0.3, -0.25) is 4.57 Å². The van der Waals surface area contributed by atoms with Crippen molar-refractivity contribution in [2.45, 2.75) is 0 Å². The summed E-state index contributed by atoms with van der Waals surface area (Å²) in [5.74, 6) is 0. The Hall–Kier alpha value is -2.75. The van der Waals surface area contributed by atoms with Crippen LogP contribution in [0.15, 0.2) is 71.3 Å². The number of imidazole rings is 1. The second kappa shape index (κ2) is 4.13. The molecule has 0 bridgehead atoms. The average molecular weight is 263 g/mol. The molecule has 0 radical (unpaired) electrons. The van der Waals surface area contributed by atoms with Crippen LogP contribution in [0.4, 0.5) is 0 Å². The number of aromatic amines is 1. The molecule has 0 aliphatic carbocycles. The molecule has 4 rings (SSSR count). The highest BCUT2D eigenvalue weighted by atomic mass is 16.1. The molecule has 4 nitrogen and oxygen atoms in total. The highest BCUT2D eigenvalue weighted by Crippen LogP contribution is 2.27. The molecular formula is C16H13N3O. The topological polar surface area (TPSA) is 41.0 Å². The van der Waals surface area contributed by atoms with Crippen molar-refractivity contribution in [3.05, 3.63) is 77.0 Å². The van der Waals surface area contributed by atoms with E-state index >= 15 is 0 Å². The molecule has 2 aliphatic heterocycles. The van der Waals surface area contributed by atoms with E-state index < -0.39 is 0 Å². The maximum atomic E-state index is 12.3. The lowest BCUT2D eigenvalue weighted by atomic mass is 10.1. The van der Waals surface area contributed by atoms with Gasteiger partial charge < -0.3 is 9.88 Å². The van der Waals surface area contributed by atoms with Crippen molar-refractivity contribution >= 4 is 16.7 Å². The molecule has 0 spiro atoms. The van der Waals surface area contributed by atoms with Gasteiger partial charge in [0.1, 0.15) is 0 Å². The van der Waals surface area contributed by atoms with Gasteiger partial charge in [0.15, 0.2) is 0 Å². The first-order valence-corrected chi connectivity index (χ1v) is 6.57. The van der Waals surface area contributed by atoms with Crippen LogP contribution in [0, 0.1) is 0 Å². The fourth-order valence-electron chi connectivity index (χ4n) is 2.71.